The van der Waals surface area contributed by atoms with E-state index >= 15 is 0 Å². The highest BCUT2D eigenvalue weighted by atomic mass is 16.4. The molecule has 1 aromatic carbocycles. The second-order valence-corrected chi connectivity index (χ2v) is 5.22. The highest BCUT2D eigenvalue weighted by molar-refractivity contribution is 5.95. The average molecular weight is 297 g/mol. The van der Waals surface area contributed by atoms with Gasteiger partial charge < -0.3 is 5.11 Å². The molecule has 0 spiro atoms. The normalized spacial score (nSPS) is 11.0. The van der Waals surface area contributed by atoms with Crippen molar-refractivity contribution in [1.29, 1.82) is 0 Å². The van der Waals surface area contributed by atoms with Gasteiger partial charge in [-0.25, -0.2) is 14.3 Å². The van der Waals surface area contributed by atoms with E-state index in [1.54, 1.807) is 13.8 Å². The summed E-state index contributed by atoms with van der Waals surface area (Å²) < 4.78 is 1.21. The van der Waals surface area contributed by atoms with Gasteiger partial charge in [0.05, 0.1) is 0 Å². The summed E-state index contributed by atoms with van der Waals surface area (Å²) in [6, 6.07) is 9.62. The number of nitrogens with zero attached hydrogens (tertiary/aromatic N) is 2. The zero-order chi connectivity index (χ0) is 15.9. The first-order chi connectivity index (χ1) is 10.5. The van der Waals surface area contributed by atoms with E-state index in [9.17, 15) is 14.7 Å². The number of carbonyl (C=O) groups is 1. The number of carboxylic acids is 1. The van der Waals surface area contributed by atoms with Crippen molar-refractivity contribution in [3.05, 3.63) is 68.8 Å². The predicted molar refractivity (Wildman–Crippen MR) is 81.5 cm³/mol. The van der Waals surface area contributed by atoms with Crippen LogP contribution >= 0.6 is 0 Å². The number of nitrogens with one attached hydrogen (secondary N) is 1. The van der Waals surface area contributed by atoms with Gasteiger partial charge >= 0.3 is 5.97 Å². The molecule has 0 aliphatic rings. The van der Waals surface area contributed by atoms with Gasteiger partial charge in [0.15, 0.2) is 5.65 Å². The van der Waals surface area contributed by atoms with Crippen molar-refractivity contribution in [2.45, 2.75) is 20.3 Å². The van der Waals surface area contributed by atoms with E-state index < -0.39 is 5.97 Å². The van der Waals surface area contributed by atoms with Crippen LogP contribution in [0.3, 0.4) is 0 Å². The fourth-order valence-electron chi connectivity index (χ4n) is 2.58. The van der Waals surface area contributed by atoms with Crippen LogP contribution in [0.2, 0.25) is 0 Å². The third-order valence-electron chi connectivity index (χ3n) is 3.70. The minimum Gasteiger partial charge on any atom is -0.477 e. The van der Waals surface area contributed by atoms with Crippen molar-refractivity contribution in [3.63, 3.8) is 0 Å². The number of H-pyrrole nitrogens is 1. The van der Waals surface area contributed by atoms with E-state index in [1.165, 1.54) is 4.52 Å². The molecule has 0 amide bonds. The monoisotopic (exact) mass is 297 g/mol. The van der Waals surface area contributed by atoms with Crippen molar-refractivity contribution in [2.24, 2.45) is 0 Å². The molecule has 0 fully saturated rings. The summed E-state index contributed by atoms with van der Waals surface area (Å²) >= 11 is 0. The van der Waals surface area contributed by atoms with E-state index in [-0.39, 0.29) is 16.8 Å². The molecule has 2 heterocycles. The second-order valence-electron chi connectivity index (χ2n) is 5.22. The Kier molecular flexibility index (Phi) is 3.29. The number of hydrogen-bond donors (Lipinski definition) is 2. The molecule has 0 aliphatic heterocycles. The Hall–Kier alpha value is -2.89. The predicted octanol–water partition coefficient (Wildman–Crippen LogP) is 1.93. The summed E-state index contributed by atoms with van der Waals surface area (Å²) in [7, 11) is 0. The molecule has 0 aliphatic carbocycles. The largest absolute Gasteiger partial charge is 0.477 e. The number of hydrogen-bond acceptors (Lipinski definition) is 3. The maximum absolute atomic E-state index is 12.6. The zero-order valence-electron chi connectivity index (χ0n) is 12.3. The molecular formula is C16H15N3O3. The van der Waals surface area contributed by atoms with Gasteiger partial charge in [-0.1, -0.05) is 30.3 Å². The lowest BCUT2D eigenvalue weighted by molar-refractivity contribution is 0.0698. The Bertz CT molecular complexity index is 923. The summed E-state index contributed by atoms with van der Waals surface area (Å²) in [5.41, 5.74) is 2.45. The molecule has 112 valence electrons. The van der Waals surface area contributed by atoms with Crippen LogP contribution in [0.15, 0.2) is 35.1 Å². The number of carboxylic acid groups (broad SMARTS) is 1. The number of rotatable bonds is 3. The molecule has 0 unspecified atom stereocenters. The first kappa shape index (κ1) is 14.1. The van der Waals surface area contributed by atoms with Crippen LogP contribution in [0.1, 0.15) is 32.9 Å². The number of fused-ring (bicyclic) bond motifs is 1. The minimum absolute atomic E-state index is 0.0338. The molecule has 0 bridgehead atoms. The summed E-state index contributed by atoms with van der Waals surface area (Å²) in [6.45, 7) is 3.34. The van der Waals surface area contributed by atoms with Gasteiger partial charge in [-0.05, 0) is 19.4 Å². The topological polar surface area (TPSA) is 87.5 Å². The van der Waals surface area contributed by atoms with Gasteiger partial charge in [0.1, 0.15) is 5.56 Å². The molecule has 2 N–H and O–H groups in total. The van der Waals surface area contributed by atoms with Gasteiger partial charge in [-0.2, -0.15) is 0 Å². The highest BCUT2D eigenvalue weighted by Gasteiger charge is 2.20. The summed E-state index contributed by atoms with van der Waals surface area (Å²) in [5, 5.41) is 12.1. The van der Waals surface area contributed by atoms with Crippen LogP contribution < -0.4 is 5.56 Å². The van der Waals surface area contributed by atoms with Crippen molar-refractivity contribution in [1.82, 2.24) is 14.6 Å². The quantitative estimate of drug-likeness (QED) is 0.773. The van der Waals surface area contributed by atoms with E-state index in [0.717, 1.165) is 5.56 Å². The number of aromatic amines is 1. The first-order valence-corrected chi connectivity index (χ1v) is 6.87. The molecule has 22 heavy (non-hydrogen) atoms. The highest BCUT2D eigenvalue weighted by Crippen LogP contribution is 2.15. The minimum atomic E-state index is -1.10. The molecule has 3 rings (SSSR count). The first-order valence-electron chi connectivity index (χ1n) is 6.87. The Morgan fingerprint density at radius 2 is 1.95 bits per heavy atom. The van der Waals surface area contributed by atoms with Crippen LogP contribution in [0.4, 0.5) is 0 Å². The van der Waals surface area contributed by atoms with Gasteiger partial charge in [0.25, 0.3) is 5.56 Å². The standard InChI is InChI=1S/C16H15N3O3/c1-9-12(8-11-6-4-3-5-7-11)15(20)19-14(17-9)13(16(21)22)10(2)18-19/h3-7,18H,8H2,1-2H3,(H,21,22). The Balaban J connectivity index is 2.22. The third kappa shape index (κ3) is 2.18. The van der Waals surface area contributed by atoms with Crippen LogP contribution in [0, 0.1) is 13.8 Å². The molecule has 3 aromatic rings. The number of benzene rings is 1. The fraction of sp³-hybridized carbons (Fsp3) is 0.188. The summed E-state index contributed by atoms with van der Waals surface area (Å²) in [6.07, 6.45) is 0.460. The van der Waals surface area contributed by atoms with Crippen molar-refractivity contribution >= 4 is 11.6 Å². The molecule has 0 saturated heterocycles. The van der Waals surface area contributed by atoms with Crippen molar-refractivity contribution in [3.8, 4) is 0 Å². The average Bonchev–Trinajstić information content (AvgIpc) is 2.81. The molecule has 0 atom stereocenters. The number of aryl methyl sites for hydroxylation is 2. The van der Waals surface area contributed by atoms with E-state index in [2.05, 4.69) is 10.1 Å². The van der Waals surface area contributed by atoms with Gasteiger partial charge in [-0.15, -0.1) is 0 Å². The lowest BCUT2D eigenvalue weighted by atomic mass is 10.1. The lowest BCUT2D eigenvalue weighted by Crippen LogP contribution is -2.22. The van der Waals surface area contributed by atoms with E-state index in [4.69, 9.17) is 0 Å². The van der Waals surface area contributed by atoms with Crippen molar-refractivity contribution in [2.75, 3.05) is 0 Å². The lowest BCUT2D eigenvalue weighted by Gasteiger charge is -2.06. The maximum atomic E-state index is 12.6. The van der Waals surface area contributed by atoms with Gasteiger partial charge in [0, 0.05) is 23.4 Å². The van der Waals surface area contributed by atoms with Crippen LogP contribution in [0.25, 0.3) is 5.65 Å². The summed E-state index contributed by atoms with van der Waals surface area (Å²) in [5.74, 6) is -1.10. The third-order valence-corrected chi connectivity index (χ3v) is 3.70. The molecule has 6 nitrogen and oxygen atoms in total. The van der Waals surface area contributed by atoms with Crippen LogP contribution in [-0.2, 0) is 6.42 Å². The van der Waals surface area contributed by atoms with Gasteiger partial charge in [0.2, 0.25) is 0 Å². The molecule has 0 saturated carbocycles. The molecule has 0 radical (unpaired) electrons. The Labute approximate surface area is 126 Å². The Morgan fingerprint density at radius 3 is 2.59 bits per heavy atom. The smallest absolute Gasteiger partial charge is 0.341 e. The molecular weight excluding hydrogens is 282 g/mol. The van der Waals surface area contributed by atoms with Gasteiger partial charge in [-0.3, -0.25) is 9.89 Å². The summed E-state index contributed by atoms with van der Waals surface area (Å²) in [4.78, 5) is 28.3. The SMILES string of the molecule is Cc1nc2c(C(=O)O)c(C)[nH]n2c(=O)c1Cc1ccccc1. The zero-order valence-corrected chi connectivity index (χ0v) is 12.3. The maximum Gasteiger partial charge on any atom is 0.341 e. The molecule has 6 heteroatoms. The van der Waals surface area contributed by atoms with Crippen molar-refractivity contribution < 1.29 is 9.90 Å². The second kappa shape index (κ2) is 5.14. The van der Waals surface area contributed by atoms with Crippen LogP contribution in [-0.4, -0.2) is 25.7 Å². The van der Waals surface area contributed by atoms with Crippen LogP contribution in [0.5, 0.6) is 0 Å². The number of aromatic nitrogens is 3. The van der Waals surface area contributed by atoms with E-state index in [1.807, 2.05) is 30.3 Å². The molecule has 2 aromatic heterocycles. The number of aromatic carboxylic acids is 1. The van der Waals surface area contributed by atoms with E-state index in [0.29, 0.717) is 23.4 Å². The fourth-order valence-corrected chi connectivity index (χ4v) is 2.58. The Morgan fingerprint density at radius 1 is 1.27 bits per heavy atom.